The van der Waals surface area contributed by atoms with Crippen molar-refractivity contribution in [3.63, 3.8) is 0 Å². The predicted octanol–water partition coefficient (Wildman–Crippen LogP) is 0.593. The molecule has 1 saturated heterocycles. The van der Waals surface area contributed by atoms with Gasteiger partial charge in [0.1, 0.15) is 32.7 Å². The number of carbonyl (C=O) groups is 1. The molecular formula is C20H25Cl2N3O+2. The molecule has 0 spiro atoms. The first-order chi connectivity index (χ1) is 12.6. The highest BCUT2D eigenvalue weighted by Crippen LogP contribution is 2.09. The number of amides is 1. The Bertz CT molecular complexity index is 711. The topological polar surface area (TPSA) is 38.0 Å². The molecule has 0 aliphatic carbocycles. The van der Waals surface area contributed by atoms with Crippen LogP contribution >= 0.6 is 23.2 Å². The van der Waals surface area contributed by atoms with Gasteiger partial charge in [0.25, 0.3) is 5.91 Å². The fraction of sp³-hybridized carbons (Fsp3) is 0.350. The Morgan fingerprint density at radius 1 is 0.808 bits per heavy atom. The van der Waals surface area contributed by atoms with E-state index < -0.39 is 0 Å². The molecule has 1 fully saturated rings. The predicted molar refractivity (Wildman–Crippen MR) is 105 cm³/mol. The summed E-state index contributed by atoms with van der Waals surface area (Å²) in [5.41, 5.74) is 2.38. The number of rotatable bonds is 6. The number of quaternary nitrogens is 2. The zero-order valence-corrected chi connectivity index (χ0v) is 16.2. The van der Waals surface area contributed by atoms with E-state index in [1.54, 1.807) is 4.90 Å². The molecule has 1 aliphatic rings. The standard InChI is InChI=1S/C20H23Cl2N3O/c21-18-5-1-16(2-6-18)13-23-20(26)15-25-11-9-24(10-12-25)14-17-3-7-19(22)8-4-17/h1-8H,9-15H2,(H,23,26)/p+2. The minimum atomic E-state index is 0.108. The molecule has 6 heteroatoms. The second-order valence-corrected chi connectivity index (χ2v) is 7.76. The van der Waals surface area contributed by atoms with Gasteiger partial charge in [0.2, 0.25) is 0 Å². The highest BCUT2D eigenvalue weighted by Gasteiger charge is 2.24. The van der Waals surface area contributed by atoms with Crippen LogP contribution in [0.2, 0.25) is 10.0 Å². The average Bonchev–Trinajstić information content (AvgIpc) is 2.65. The fourth-order valence-corrected chi connectivity index (χ4v) is 3.55. The molecule has 0 atom stereocenters. The number of carbonyl (C=O) groups excluding carboxylic acids is 1. The monoisotopic (exact) mass is 393 g/mol. The second kappa shape index (κ2) is 9.38. The lowest BCUT2D eigenvalue weighted by atomic mass is 10.2. The van der Waals surface area contributed by atoms with Crippen LogP contribution in [0, 0.1) is 0 Å². The Morgan fingerprint density at radius 3 is 1.88 bits per heavy atom. The molecule has 0 radical (unpaired) electrons. The summed E-state index contributed by atoms with van der Waals surface area (Å²) >= 11 is 11.8. The van der Waals surface area contributed by atoms with Crippen molar-refractivity contribution in [2.45, 2.75) is 13.1 Å². The highest BCUT2D eigenvalue weighted by atomic mass is 35.5. The van der Waals surface area contributed by atoms with Gasteiger partial charge < -0.3 is 15.1 Å². The molecule has 26 heavy (non-hydrogen) atoms. The van der Waals surface area contributed by atoms with Crippen molar-refractivity contribution < 1.29 is 14.6 Å². The van der Waals surface area contributed by atoms with Gasteiger partial charge in [-0.15, -0.1) is 0 Å². The molecule has 3 N–H and O–H groups in total. The maximum absolute atomic E-state index is 12.2. The van der Waals surface area contributed by atoms with E-state index in [-0.39, 0.29) is 5.91 Å². The molecule has 3 rings (SSSR count). The van der Waals surface area contributed by atoms with E-state index in [9.17, 15) is 4.79 Å². The van der Waals surface area contributed by atoms with Crippen LogP contribution in [0.1, 0.15) is 11.1 Å². The largest absolute Gasteiger partial charge is 0.347 e. The summed E-state index contributed by atoms with van der Waals surface area (Å²) in [6.45, 7) is 6.34. The molecule has 138 valence electrons. The van der Waals surface area contributed by atoms with E-state index in [0.29, 0.717) is 18.1 Å². The molecule has 4 nitrogen and oxygen atoms in total. The molecule has 1 aliphatic heterocycles. The molecule has 0 unspecified atom stereocenters. The van der Waals surface area contributed by atoms with Crippen LogP contribution < -0.4 is 15.1 Å². The average molecular weight is 394 g/mol. The van der Waals surface area contributed by atoms with E-state index in [1.807, 2.05) is 36.4 Å². The maximum atomic E-state index is 12.2. The number of hydrogen-bond donors (Lipinski definition) is 3. The molecule has 0 bridgehead atoms. The highest BCUT2D eigenvalue weighted by molar-refractivity contribution is 6.30. The van der Waals surface area contributed by atoms with Crippen molar-refractivity contribution in [1.29, 1.82) is 0 Å². The minimum absolute atomic E-state index is 0.108. The molecular weight excluding hydrogens is 369 g/mol. The van der Waals surface area contributed by atoms with Crippen LogP contribution in [0.25, 0.3) is 0 Å². The quantitative estimate of drug-likeness (QED) is 0.660. The first-order valence-electron chi connectivity index (χ1n) is 9.01. The summed E-state index contributed by atoms with van der Waals surface area (Å²) in [7, 11) is 0. The molecule has 2 aromatic carbocycles. The van der Waals surface area contributed by atoms with Crippen LogP contribution in [0.4, 0.5) is 0 Å². The summed E-state index contributed by atoms with van der Waals surface area (Å²) in [4.78, 5) is 15.1. The third kappa shape index (κ3) is 5.99. The van der Waals surface area contributed by atoms with Crippen molar-refractivity contribution in [2.75, 3.05) is 32.7 Å². The Morgan fingerprint density at radius 2 is 1.31 bits per heavy atom. The number of hydrogen-bond acceptors (Lipinski definition) is 1. The lowest BCUT2D eigenvalue weighted by Crippen LogP contribution is -3.28. The van der Waals surface area contributed by atoms with Gasteiger partial charge in [-0.1, -0.05) is 47.5 Å². The van der Waals surface area contributed by atoms with Crippen LogP contribution in [-0.2, 0) is 17.9 Å². The number of benzene rings is 2. The van der Waals surface area contributed by atoms with Crippen molar-refractivity contribution in [1.82, 2.24) is 5.32 Å². The molecule has 0 saturated carbocycles. The SMILES string of the molecule is O=C(C[NH+]1CC[NH+](Cc2ccc(Cl)cc2)CC1)NCc1ccc(Cl)cc1. The van der Waals surface area contributed by atoms with Gasteiger partial charge in [-0.2, -0.15) is 0 Å². The Balaban J connectivity index is 1.37. The van der Waals surface area contributed by atoms with Crippen LogP contribution in [0.5, 0.6) is 0 Å². The van der Waals surface area contributed by atoms with Crippen LogP contribution in [0.3, 0.4) is 0 Å². The van der Waals surface area contributed by atoms with E-state index in [2.05, 4.69) is 17.4 Å². The van der Waals surface area contributed by atoms with Gasteiger partial charge in [-0.05, 0) is 29.8 Å². The number of halogens is 2. The van der Waals surface area contributed by atoms with E-state index in [0.717, 1.165) is 43.3 Å². The van der Waals surface area contributed by atoms with Crippen molar-refractivity contribution >= 4 is 29.1 Å². The van der Waals surface area contributed by atoms with Gasteiger partial charge in [0, 0.05) is 22.2 Å². The number of piperazine rings is 1. The smallest absolute Gasteiger partial charge is 0.275 e. The van der Waals surface area contributed by atoms with E-state index in [4.69, 9.17) is 23.2 Å². The molecule has 1 heterocycles. The van der Waals surface area contributed by atoms with Gasteiger partial charge in [0.15, 0.2) is 6.54 Å². The Hall–Kier alpha value is -1.59. The van der Waals surface area contributed by atoms with Gasteiger partial charge >= 0.3 is 0 Å². The third-order valence-electron chi connectivity index (χ3n) is 4.85. The maximum Gasteiger partial charge on any atom is 0.275 e. The first-order valence-corrected chi connectivity index (χ1v) is 9.77. The van der Waals surface area contributed by atoms with Gasteiger partial charge in [-0.25, -0.2) is 0 Å². The zero-order chi connectivity index (χ0) is 18.4. The summed E-state index contributed by atoms with van der Waals surface area (Å²) in [5.74, 6) is 0.108. The zero-order valence-electron chi connectivity index (χ0n) is 14.7. The van der Waals surface area contributed by atoms with Crippen molar-refractivity contribution in [3.8, 4) is 0 Å². The summed E-state index contributed by atoms with van der Waals surface area (Å²) < 4.78 is 0. The van der Waals surface area contributed by atoms with Gasteiger partial charge in [0.05, 0.1) is 0 Å². The lowest BCUT2D eigenvalue weighted by molar-refractivity contribution is -1.02. The van der Waals surface area contributed by atoms with Crippen molar-refractivity contribution in [3.05, 3.63) is 69.7 Å². The Labute approximate surface area is 164 Å². The molecule has 1 amide bonds. The van der Waals surface area contributed by atoms with Crippen molar-refractivity contribution in [2.24, 2.45) is 0 Å². The van der Waals surface area contributed by atoms with Gasteiger partial charge in [-0.3, -0.25) is 4.79 Å². The normalized spacial score (nSPS) is 19.9. The molecule has 0 aromatic heterocycles. The first kappa shape index (κ1) is 19.2. The third-order valence-corrected chi connectivity index (χ3v) is 5.35. The van der Waals surface area contributed by atoms with E-state index in [1.165, 1.54) is 10.5 Å². The molecule has 2 aromatic rings. The summed E-state index contributed by atoms with van der Waals surface area (Å²) in [6.07, 6.45) is 0. The number of nitrogens with one attached hydrogen (secondary N) is 3. The van der Waals surface area contributed by atoms with Crippen LogP contribution in [0.15, 0.2) is 48.5 Å². The second-order valence-electron chi connectivity index (χ2n) is 6.88. The minimum Gasteiger partial charge on any atom is -0.347 e. The fourth-order valence-electron chi connectivity index (χ4n) is 3.29. The van der Waals surface area contributed by atoms with E-state index >= 15 is 0 Å². The summed E-state index contributed by atoms with van der Waals surface area (Å²) in [5, 5.41) is 4.49. The lowest BCUT2D eigenvalue weighted by Gasteiger charge is -2.29. The van der Waals surface area contributed by atoms with Crippen LogP contribution in [-0.4, -0.2) is 38.6 Å². The summed E-state index contributed by atoms with van der Waals surface area (Å²) in [6, 6.07) is 15.7. The Kier molecular flexibility index (Phi) is 6.92.